The van der Waals surface area contributed by atoms with Crippen molar-refractivity contribution in [3.05, 3.63) is 47.5 Å². The molecule has 0 aromatic carbocycles. The molecule has 18 heavy (non-hydrogen) atoms. The molecule has 1 aliphatic rings. The van der Waals surface area contributed by atoms with Crippen LogP contribution in [-0.2, 0) is 13.5 Å². The van der Waals surface area contributed by atoms with Gasteiger partial charge in [0.2, 0.25) is 0 Å². The van der Waals surface area contributed by atoms with Crippen molar-refractivity contribution < 1.29 is 5.11 Å². The summed E-state index contributed by atoms with van der Waals surface area (Å²) in [5, 5.41) is 14.7. The molecule has 4 heteroatoms. The summed E-state index contributed by atoms with van der Waals surface area (Å²) in [6.45, 7) is 0. The largest absolute Gasteiger partial charge is 0.386 e. The molecule has 2 heterocycles. The topological polar surface area (TPSA) is 50.9 Å². The number of pyridine rings is 1. The van der Waals surface area contributed by atoms with E-state index in [0.717, 1.165) is 30.7 Å². The molecule has 2 unspecified atom stereocenters. The van der Waals surface area contributed by atoms with Crippen LogP contribution in [0.3, 0.4) is 0 Å². The van der Waals surface area contributed by atoms with Crippen LogP contribution in [0.4, 0.5) is 0 Å². The minimum absolute atomic E-state index is 0.0883. The molecule has 1 N–H and O–H groups in total. The first-order valence-electron chi connectivity index (χ1n) is 6.37. The van der Waals surface area contributed by atoms with E-state index in [1.807, 2.05) is 25.4 Å². The minimum atomic E-state index is -0.522. The van der Waals surface area contributed by atoms with Gasteiger partial charge in [0.15, 0.2) is 0 Å². The van der Waals surface area contributed by atoms with Crippen molar-refractivity contribution in [3.8, 4) is 0 Å². The molecule has 4 nitrogen and oxygen atoms in total. The van der Waals surface area contributed by atoms with Crippen LogP contribution in [0.15, 0.2) is 30.6 Å². The summed E-state index contributed by atoms with van der Waals surface area (Å²) in [6, 6.07) is 5.96. The number of aliphatic hydroxyl groups is 1. The second-order valence-corrected chi connectivity index (χ2v) is 4.87. The second-order valence-electron chi connectivity index (χ2n) is 4.87. The molecule has 0 saturated carbocycles. The number of rotatable bonds is 2. The molecular weight excluding hydrogens is 226 g/mol. The Morgan fingerprint density at radius 1 is 1.39 bits per heavy atom. The fourth-order valence-corrected chi connectivity index (χ4v) is 2.83. The standard InChI is InChI=1S/C14H17N3O/c1-17-12(7-9-16-17)14(18)11-6-2-4-10-5-3-8-15-13(10)11/h3,5,7-9,11,14,18H,2,4,6H2,1H3. The molecule has 0 fully saturated rings. The Bertz CT molecular complexity index is 549. The van der Waals surface area contributed by atoms with Gasteiger partial charge in [-0.2, -0.15) is 5.10 Å². The van der Waals surface area contributed by atoms with Crippen LogP contribution < -0.4 is 0 Å². The summed E-state index contributed by atoms with van der Waals surface area (Å²) >= 11 is 0. The van der Waals surface area contributed by atoms with Gasteiger partial charge in [0.05, 0.1) is 5.69 Å². The Kier molecular flexibility index (Phi) is 2.88. The number of aliphatic hydroxyl groups excluding tert-OH is 1. The fourth-order valence-electron chi connectivity index (χ4n) is 2.83. The van der Waals surface area contributed by atoms with Crippen LogP contribution in [0.5, 0.6) is 0 Å². The second kappa shape index (κ2) is 4.53. The zero-order valence-corrected chi connectivity index (χ0v) is 10.5. The van der Waals surface area contributed by atoms with E-state index >= 15 is 0 Å². The van der Waals surface area contributed by atoms with Gasteiger partial charge in [0, 0.05) is 31.1 Å². The van der Waals surface area contributed by atoms with Crippen molar-refractivity contribution >= 4 is 0 Å². The maximum absolute atomic E-state index is 10.6. The SMILES string of the molecule is Cn1nccc1C(O)C1CCCc2cccnc21. The predicted molar refractivity (Wildman–Crippen MR) is 68.1 cm³/mol. The summed E-state index contributed by atoms with van der Waals surface area (Å²) in [7, 11) is 1.86. The molecule has 0 amide bonds. The third-order valence-electron chi connectivity index (χ3n) is 3.78. The predicted octanol–water partition coefficient (Wildman–Crippen LogP) is 1.97. The zero-order valence-electron chi connectivity index (χ0n) is 10.5. The molecule has 0 saturated heterocycles. The fraction of sp³-hybridized carbons (Fsp3) is 0.429. The number of nitrogens with zero attached hydrogens (tertiary/aromatic N) is 3. The maximum atomic E-state index is 10.6. The van der Waals surface area contributed by atoms with Crippen LogP contribution >= 0.6 is 0 Å². The van der Waals surface area contributed by atoms with Gasteiger partial charge in [-0.3, -0.25) is 9.67 Å². The molecule has 3 rings (SSSR count). The first-order chi connectivity index (χ1) is 8.77. The highest BCUT2D eigenvalue weighted by Gasteiger charge is 2.30. The van der Waals surface area contributed by atoms with Crippen LogP contribution in [-0.4, -0.2) is 19.9 Å². The van der Waals surface area contributed by atoms with Crippen LogP contribution in [0.25, 0.3) is 0 Å². The molecule has 2 atom stereocenters. The number of hydrogen-bond acceptors (Lipinski definition) is 3. The Labute approximate surface area is 106 Å². The smallest absolute Gasteiger partial charge is 0.104 e. The van der Waals surface area contributed by atoms with Gasteiger partial charge in [-0.1, -0.05) is 6.07 Å². The first-order valence-corrected chi connectivity index (χ1v) is 6.37. The lowest BCUT2D eigenvalue weighted by Gasteiger charge is -2.28. The third-order valence-corrected chi connectivity index (χ3v) is 3.78. The van der Waals surface area contributed by atoms with Gasteiger partial charge in [-0.25, -0.2) is 0 Å². The van der Waals surface area contributed by atoms with E-state index in [-0.39, 0.29) is 5.92 Å². The molecule has 2 aromatic heterocycles. The zero-order chi connectivity index (χ0) is 12.5. The van der Waals surface area contributed by atoms with E-state index in [4.69, 9.17) is 0 Å². The van der Waals surface area contributed by atoms with E-state index in [2.05, 4.69) is 16.1 Å². The van der Waals surface area contributed by atoms with E-state index in [9.17, 15) is 5.11 Å². The number of aryl methyl sites for hydroxylation is 2. The molecular formula is C14H17N3O. The number of fused-ring (bicyclic) bond motifs is 1. The highest BCUT2D eigenvalue weighted by molar-refractivity contribution is 5.28. The average molecular weight is 243 g/mol. The van der Waals surface area contributed by atoms with Gasteiger partial charge in [-0.15, -0.1) is 0 Å². The molecule has 0 bridgehead atoms. The van der Waals surface area contributed by atoms with Crippen molar-refractivity contribution in [1.29, 1.82) is 0 Å². The molecule has 1 aliphatic carbocycles. The highest BCUT2D eigenvalue weighted by Crippen LogP contribution is 2.38. The van der Waals surface area contributed by atoms with Crippen LogP contribution in [0, 0.1) is 0 Å². The minimum Gasteiger partial charge on any atom is -0.386 e. The lowest BCUT2D eigenvalue weighted by Crippen LogP contribution is -2.20. The summed E-state index contributed by atoms with van der Waals surface area (Å²) in [6.07, 6.45) is 6.17. The van der Waals surface area contributed by atoms with Crippen molar-refractivity contribution in [3.63, 3.8) is 0 Å². The normalized spacial score (nSPS) is 20.4. The van der Waals surface area contributed by atoms with Crippen molar-refractivity contribution in [2.24, 2.45) is 7.05 Å². The highest BCUT2D eigenvalue weighted by atomic mass is 16.3. The van der Waals surface area contributed by atoms with Crippen molar-refractivity contribution in [2.45, 2.75) is 31.3 Å². The molecule has 0 spiro atoms. The van der Waals surface area contributed by atoms with Crippen LogP contribution in [0.2, 0.25) is 0 Å². The summed E-state index contributed by atoms with van der Waals surface area (Å²) in [4.78, 5) is 4.47. The van der Waals surface area contributed by atoms with E-state index in [0.29, 0.717) is 0 Å². The summed E-state index contributed by atoms with van der Waals surface area (Å²) in [5.41, 5.74) is 3.19. The Hall–Kier alpha value is -1.68. The van der Waals surface area contributed by atoms with E-state index < -0.39 is 6.10 Å². The maximum Gasteiger partial charge on any atom is 0.104 e. The summed E-state index contributed by atoms with van der Waals surface area (Å²) < 4.78 is 1.74. The van der Waals surface area contributed by atoms with Crippen molar-refractivity contribution in [2.75, 3.05) is 0 Å². The third kappa shape index (κ3) is 1.82. The van der Waals surface area contributed by atoms with Gasteiger partial charge in [-0.05, 0) is 37.0 Å². The number of aromatic nitrogens is 3. The Morgan fingerprint density at radius 3 is 3.06 bits per heavy atom. The number of hydrogen-bond donors (Lipinski definition) is 1. The lowest BCUT2D eigenvalue weighted by molar-refractivity contribution is 0.125. The van der Waals surface area contributed by atoms with Crippen molar-refractivity contribution in [1.82, 2.24) is 14.8 Å². The molecule has 2 aromatic rings. The lowest BCUT2D eigenvalue weighted by atomic mass is 9.82. The van der Waals surface area contributed by atoms with Gasteiger partial charge >= 0.3 is 0 Å². The summed E-state index contributed by atoms with van der Waals surface area (Å²) in [5.74, 6) is 0.0883. The quantitative estimate of drug-likeness (QED) is 0.877. The van der Waals surface area contributed by atoms with E-state index in [1.54, 1.807) is 10.9 Å². The van der Waals surface area contributed by atoms with Gasteiger partial charge in [0.1, 0.15) is 6.10 Å². The van der Waals surface area contributed by atoms with E-state index in [1.165, 1.54) is 5.56 Å². The van der Waals surface area contributed by atoms with Gasteiger partial charge < -0.3 is 5.11 Å². The molecule has 0 radical (unpaired) electrons. The first kappa shape index (κ1) is 11.4. The average Bonchev–Trinajstić information content (AvgIpc) is 2.83. The van der Waals surface area contributed by atoms with Crippen LogP contribution in [0.1, 0.15) is 41.8 Å². The molecule has 0 aliphatic heterocycles. The molecule has 94 valence electrons. The monoisotopic (exact) mass is 243 g/mol. The Balaban J connectivity index is 1.97. The Morgan fingerprint density at radius 2 is 2.28 bits per heavy atom. The van der Waals surface area contributed by atoms with Gasteiger partial charge in [0.25, 0.3) is 0 Å².